The lowest BCUT2D eigenvalue weighted by Gasteiger charge is -2.19. The summed E-state index contributed by atoms with van der Waals surface area (Å²) in [5.74, 6) is 0.921. The Morgan fingerprint density at radius 3 is 3.00 bits per heavy atom. The lowest BCUT2D eigenvalue weighted by molar-refractivity contribution is 0.459. The summed E-state index contributed by atoms with van der Waals surface area (Å²) in [4.78, 5) is 7.32. The SMILES string of the molecule is CCNC(C)c1csc(N2CCCC(CC)CC2)n1. The lowest BCUT2D eigenvalue weighted by Crippen LogP contribution is -2.24. The summed E-state index contributed by atoms with van der Waals surface area (Å²) in [7, 11) is 0. The first kappa shape index (κ1) is 14.8. The predicted molar refractivity (Wildman–Crippen MR) is 84.1 cm³/mol. The van der Waals surface area contributed by atoms with Gasteiger partial charge in [-0.05, 0) is 38.6 Å². The molecule has 19 heavy (non-hydrogen) atoms. The van der Waals surface area contributed by atoms with Crippen LogP contribution in [0.5, 0.6) is 0 Å². The highest BCUT2D eigenvalue weighted by atomic mass is 32.1. The van der Waals surface area contributed by atoms with Crippen LogP contribution in [-0.4, -0.2) is 24.6 Å². The summed E-state index contributed by atoms with van der Waals surface area (Å²) in [5.41, 5.74) is 1.19. The first-order valence-electron chi connectivity index (χ1n) is 7.68. The Morgan fingerprint density at radius 1 is 1.42 bits per heavy atom. The highest BCUT2D eigenvalue weighted by molar-refractivity contribution is 7.13. The van der Waals surface area contributed by atoms with Gasteiger partial charge in [-0.25, -0.2) is 4.98 Å². The average molecular weight is 281 g/mol. The lowest BCUT2D eigenvalue weighted by atomic mass is 9.98. The normalized spacial score (nSPS) is 22.3. The molecular weight excluding hydrogens is 254 g/mol. The number of nitrogens with one attached hydrogen (secondary N) is 1. The van der Waals surface area contributed by atoms with Crippen molar-refractivity contribution in [2.24, 2.45) is 5.92 Å². The van der Waals surface area contributed by atoms with Crippen molar-refractivity contribution >= 4 is 16.5 Å². The van der Waals surface area contributed by atoms with E-state index in [1.54, 1.807) is 11.3 Å². The van der Waals surface area contributed by atoms with E-state index in [1.807, 2.05) is 0 Å². The predicted octanol–water partition coefficient (Wildman–Crippen LogP) is 3.83. The van der Waals surface area contributed by atoms with Gasteiger partial charge in [-0.1, -0.05) is 20.3 Å². The molecule has 1 fully saturated rings. The number of thiazole rings is 1. The molecule has 0 amide bonds. The zero-order valence-corrected chi connectivity index (χ0v) is 13.3. The second-order valence-electron chi connectivity index (χ2n) is 5.53. The molecule has 0 radical (unpaired) electrons. The molecule has 1 N–H and O–H groups in total. The average Bonchev–Trinajstić information content (AvgIpc) is 2.78. The van der Waals surface area contributed by atoms with Crippen LogP contribution in [0.15, 0.2) is 5.38 Å². The van der Waals surface area contributed by atoms with Crippen LogP contribution in [0.2, 0.25) is 0 Å². The van der Waals surface area contributed by atoms with E-state index in [4.69, 9.17) is 4.98 Å². The van der Waals surface area contributed by atoms with Crippen LogP contribution in [-0.2, 0) is 0 Å². The Labute approximate surface area is 121 Å². The van der Waals surface area contributed by atoms with Crippen molar-refractivity contribution in [3.63, 3.8) is 0 Å². The fourth-order valence-corrected chi connectivity index (χ4v) is 3.77. The monoisotopic (exact) mass is 281 g/mol. The molecule has 4 heteroatoms. The van der Waals surface area contributed by atoms with E-state index >= 15 is 0 Å². The first-order chi connectivity index (χ1) is 9.24. The minimum Gasteiger partial charge on any atom is -0.348 e. The molecule has 0 spiro atoms. The van der Waals surface area contributed by atoms with Crippen LogP contribution in [0.3, 0.4) is 0 Å². The van der Waals surface area contributed by atoms with E-state index in [2.05, 4.69) is 36.4 Å². The summed E-state index contributed by atoms with van der Waals surface area (Å²) in [6.07, 6.45) is 5.36. The molecule has 0 aromatic carbocycles. The standard InChI is InChI=1S/C15H27N3S/c1-4-13-7-6-9-18(10-8-13)15-17-14(11-19-15)12(3)16-5-2/h11-13,16H,4-10H2,1-3H3. The zero-order chi connectivity index (χ0) is 13.7. The Morgan fingerprint density at radius 2 is 2.26 bits per heavy atom. The molecule has 2 heterocycles. The van der Waals surface area contributed by atoms with E-state index in [9.17, 15) is 0 Å². The van der Waals surface area contributed by atoms with E-state index in [0.717, 1.165) is 12.5 Å². The summed E-state index contributed by atoms with van der Waals surface area (Å²) in [6, 6.07) is 0.366. The van der Waals surface area contributed by atoms with Gasteiger partial charge < -0.3 is 10.2 Å². The molecule has 0 aliphatic carbocycles. The van der Waals surface area contributed by atoms with Gasteiger partial charge in [-0.15, -0.1) is 11.3 Å². The molecule has 1 saturated heterocycles. The van der Waals surface area contributed by atoms with Crippen LogP contribution in [0.1, 0.15) is 58.2 Å². The van der Waals surface area contributed by atoms with E-state index in [1.165, 1.54) is 49.6 Å². The molecule has 1 aliphatic rings. The third-order valence-corrected chi connectivity index (χ3v) is 5.08. The van der Waals surface area contributed by atoms with E-state index in [-0.39, 0.29) is 0 Å². The van der Waals surface area contributed by atoms with Crippen LogP contribution >= 0.6 is 11.3 Å². The molecule has 3 nitrogen and oxygen atoms in total. The van der Waals surface area contributed by atoms with E-state index in [0.29, 0.717) is 6.04 Å². The number of aromatic nitrogens is 1. The van der Waals surface area contributed by atoms with Gasteiger partial charge >= 0.3 is 0 Å². The van der Waals surface area contributed by atoms with Crippen LogP contribution < -0.4 is 10.2 Å². The molecule has 2 rings (SSSR count). The zero-order valence-electron chi connectivity index (χ0n) is 12.5. The second-order valence-corrected chi connectivity index (χ2v) is 6.36. The van der Waals surface area contributed by atoms with Crippen molar-refractivity contribution in [2.45, 2.75) is 52.5 Å². The molecule has 1 aliphatic heterocycles. The molecule has 108 valence electrons. The molecule has 2 atom stereocenters. The van der Waals surface area contributed by atoms with E-state index < -0.39 is 0 Å². The van der Waals surface area contributed by atoms with Gasteiger partial charge in [0.2, 0.25) is 0 Å². The van der Waals surface area contributed by atoms with Crippen LogP contribution in [0, 0.1) is 5.92 Å². The molecule has 1 aromatic rings. The van der Waals surface area contributed by atoms with Gasteiger partial charge in [0.05, 0.1) is 5.69 Å². The minimum absolute atomic E-state index is 0.366. The van der Waals surface area contributed by atoms with Gasteiger partial charge in [-0.3, -0.25) is 0 Å². The summed E-state index contributed by atoms with van der Waals surface area (Å²) < 4.78 is 0. The fraction of sp³-hybridized carbons (Fsp3) is 0.800. The van der Waals surface area contributed by atoms with Gasteiger partial charge in [-0.2, -0.15) is 0 Å². The van der Waals surface area contributed by atoms with Crippen molar-refractivity contribution < 1.29 is 0 Å². The topological polar surface area (TPSA) is 28.2 Å². The Kier molecular flexibility index (Phi) is 5.64. The maximum atomic E-state index is 4.83. The summed E-state index contributed by atoms with van der Waals surface area (Å²) in [6.45, 7) is 10.0. The largest absolute Gasteiger partial charge is 0.348 e. The Bertz CT molecular complexity index is 377. The maximum Gasteiger partial charge on any atom is 0.185 e. The number of hydrogen-bond donors (Lipinski definition) is 1. The smallest absolute Gasteiger partial charge is 0.185 e. The van der Waals surface area contributed by atoms with Crippen molar-refractivity contribution in [3.8, 4) is 0 Å². The fourth-order valence-electron chi connectivity index (χ4n) is 2.80. The van der Waals surface area contributed by atoms with Crippen LogP contribution in [0.4, 0.5) is 5.13 Å². The highest BCUT2D eigenvalue weighted by Crippen LogP contribution is 2.28. The minimum atomic E-state index is 0.366. The summed E-state index contributed by atoms with van der Waals surface area (Å²) in [5, 5.41) is 6.86. The third-order valence-electron chi connectivity index (χ3n) is 4.16. The molecule has 0 bridgehead atoms. The van der Waals surface area contributed by atoms with Gasteiger partial charge in [0.25, 0.3) is 0 Å². The van der Waals surface area contributed by atoms with Gasteiger partial charge in [0.15, 0.2) is 5.13 Å². The summed E-state index contributed by atoms with van der Waals surface area (Å²) >= 11 is 1.80. The second kappa shape index (κ2) is 7.25. The van der Waals surface area contributed by atoms with Crippen molar-refractivity contribution in [2.75, 3.05) is 24.5 Å². The third kappa shape index (κ3) is 3.93. The van der Waals surface area contributed by atoms with Crippen molar-refractivity contribution in [1.82, 2.24) is 10.3 Å². The molecule has 2 unspecified atom stereocenters. The molecular formula is C15H27N3S. The number of nitrogens with zero attached hydrogens (tertiary/aromatic N) is 2. The number of anilines is 1. The maximum absolute atomic E-state index is 4.83. The van der Waals surface area contributed by atoms with Gasteiger partial charge in [0, 0.05) is 24.5 Å². The molecule has 0 saturated carbocycles. The van der Waals surface area contributed by atoms with Crippen molar-refractivity contribution in [3.05, 3.63) is 11.1 Å². The number of hydrogen-bond acceptors (Lipinski definition) is 4. The highest BCUT2D eigenvalue weighted by Gasteiger charge is 2.19. The Balaban J connectivity index is 1.98. The van der Waals surface area contributed by atoms with Gasteiger partial charge in [0.1, 0.15) is 0 Å². The number of rotatable bonds is 5. The van der Waals surface area contributed by atoms with Crippen molar-refractivity contribution in [1.29, 1.82) is 0 Å². The molecule has 1 aromatic heterocycles. The first-order valence-corrected chi connectivity index (χ1v) is 8.56. The van der Waals surface area contributed by atoms with Crippen LogP contribution in [0.25, 0.3) is 0 Å². The quantitative estimate of drug-likeness (QED) is 0.889. The Hall–Kier alpha value is -0.610.